The molecule has 2 heterocycles. The van der Waals surface area contributed by atoms with Gasteiger partial charge in [0.25, 0.3) is 0 Å². The van der Waals surface area contributed by atoms with Crippen LogP contribution in [-0.2, 0) is 9.84 Å². The van der Waals surface area contributed by atoms with Crippen molar-refractivity contribution in [1.29, 1.82) is 0 Å². The zero-order valence-electron chi connectivity index (χ0n) is 19.8. The molecule has 0 fully saturated rings. The van der Waals surface area contributed by atoms with Crippen molar-refractivity contribution >= 4 is 43.5 Å². The molecule has 2 N–H and O–H groups in total. The van der Waals surface area contributed by atoms with Gasteiger partial charge in [0.15, 0.2) is 0 Å². The molecule has 0 saturated carbocycles. The number of methoxy groups -OCH3 is 1. The number of pyridine rings is 2. The van der Waals surface area contributed by atoms with Crippen molar-refractivity contribution in [3.05, 3.63) is 103 Å². The molecule has 0 spiro atoms. The Hall–Kier alpha value is -4.43. The number of rotatable bonds is 7. The summed E-state index contributed by atoms with van der Waals surface area (Å²) in [5.74, 6) is 0.736. The lowest BCUT2D eigenvalue weighted by Gasteiger charge is -2.13. The number of benzene rings is 3. The maximum atomic E-state index is 13.2. The van der Waals surface area contributed by atoms with Crippen LogP contribution in [0.3, 0.4) is 0 Å². The maximum absolute atomic E-state index is 13.2. The molecule has 0 saturated heterocycles. The monoisotopic (exact) mass is 496 g/mol. The second kappa shape index (κ2) is 9.67. The van der Waals surface area contributed by atoms with Gasteiger partial charge in [0.2, 0.25) is 9.84 Å². The molecule has 7 nitrogen and oxygen atoms in total. The Labute approximate surface area is 209 Å². The summed E-state index contributed by atoms with van der Waals surface area (Å²) in [6.07, 6.45) is 3.38. The molecular weight excluding hydrogens is 472 g/mol. The third-order valence-electron chi connectivity index (χ3n) is 5.72. The lowest BCUT2D eigenvalue weighted by Crippen LogP contribution is -2.02. The average molecular weight is 497 g/mol. The van der Waals surface area contributed by atoms with Gasteiger partial charge in [0.05, 0.1) is 22.4 Å². The number of hydrogen-bond acceptors (Lipinski definition) is 7. The zero-order chi connectivity index (χ0) is 25.1. The molecule has 0 radical (unpaired) electrons. The lowest BCUT2D eigenvalue weighted by molar-refractivity contribution is 0.415. The Morgan fingerprint density at radius 3 is 1.92 bits per heavy atom. The van der Waals surface area contributed by atoms with E-state index in [4.69, 9.17) is 4.74 Å². The van der Waals surface area contributed by atoms with Gasteiger partial charge in [-0.05, 0) is 91.9 Å². The van der Waals surface area contributed by atoms with Gasteiger partial charge in [0, 0.05) is 46.2 Å². The van der Waals surface area contributed by atoms with Crippen LogP contribution in [-0.4, -0.2) is 25.5 Å². The fourth-order valence-corrected chi connectivity index (χ4v) is 5.16. The summed E-state index contributed by atoms with van der Waals surface area (Å²) in [5.41, 5.74) is 5.01. The van der Waals surface area contributed by atoms with Gasteiger partial charge in [-0.25, -0.2) is 8.42 Å². The number of nitrogens with zero attached hydrogens (tertiary/aromatic N) is 2. The van der Waals surface area contributed by atoms with E-state index in [1.54, 1.807) is 68.0 Å². The molecule has 36 heavy (non-hydrogen) atoms. The first kappa shape index (κ1) is 23.3. The summed E-state index contributed by atoms with van der Waals surface area (Å²) in [7, 11) is -2.04. The first-order valence-corrected chi connectivity index (χ1v) is 12.8. The largest absolute Gasteiger partial charge is 0.497 e. The molecule has 0 unspecified atom stereocenters. The molecule has 0 amide bonds. The van der Waals surface area contributed by atoms with E-state index in [1.165, 1.54) is 0 Å². The molecule has 5 rings (SSSR count). The van der Waals surface area contributed by atoms with Crippen molar-refractivity contribution in [2.24, 2.45) is 0 Å². The molecule has 0 atom stereocenters. The van der Waals surface area contributed by atoms with E-state index in [0.717, 1.165) is 45.1 Å². The predicted molar refractivity (Wildman–Crippen MR) is 142 cm³/mol. The standard InChI is InChI=1S/C28H24N4O3S/c1-19-17-28(26-18-23(35-2)7-12-27(26)30-19)32-21-5-10-25(11-6-21)36(33,34)24-8-3-20(4-9-24)31-22-13-15-29-16-14-22/h3-18H,1-2H3,(H,29,31)(H,30,32). The van der Waals surface area contributed by atoms with E-state index in [1.807, 2.05) is 43.3 Å². The van der Waals surface area contributed by atoms with E-state index in [-0.39, 0.29) is 9.79 Å². The molecular formula is C28H24N4O3S. The van der Waals surface area contributed by atoms with Crippen molar-refractivity contribution in [1.82, 2.24) is 9.97 Å². The van der Waals surface area contributed by atoms with Crippen molar-refractivity contribution in [3.63, 3.8) is 0 Å². The quantitative estimate of drug-likeness (QED) is 0.274. The highest BCUT2D eigenvalue weighted by Gasteiger charge is 2.17. The van der Waals surface area contributed by atoms with Gasteiger partial charge in [0.1, 0.15) is 5.75 Å². The highest BCUT2D eigenvalue weighted by Crippen LogP contribution is 2.31. The van der Waals surface area contributed by atoms with Crippen LogP contribution in [0.4, 0.5) is 22.7 Å². The molecule has 5 aromatic rings. The molecule has 2 aromatic heterocycles. The second-order valence-corrected chi connectivity index (χ2v) is 10.2. The summed E-state index contributed by atoms with van der Waals surface area (Å²) in [6.45, 7) is 1.93. The Morgan fingerprint density at radius 2 is 1.31 bits per heavy atom. The zero-order valence-corrected chi connectivity index (χ0v) is 20.6. The fourth-order valence-electron chi connectivity index (χ4n) is 3.90. The maximum Gasteiger partial charge on any atom is 0.206 e. The van der Waals surface area contributed by atoms with Gasteiger partial charge >= 0.3 is 0 Å². The van der Waals surface area contributed by atoms with Gasteiger partial charge in [-0.15, -0.1) is 0 Å². The molecule has 8 heteroatoms. The smallest absolute Gasteiger partial charge is 0.206 e. The number of sulfone groups is 1. The van der Waals surface area contributed by atoms with E-state index in [0.29, 0.717) is 0 Å². The summed E-state index contributed by atoms with van der Waals surface area (Å²) < 4.78 is 31.7. The Balaban J connectivity index is 1.37. The van der Waals surface area contributed by atoms with E-state index < -0.39 is 9.84 Å². The fraction of sp³-hybridized carbons (Fsp3) is 0.0714. The number of fused-ring (bicyclic) bond motifs is 1. The van der Waals surface area contributed by atoms with Crippen molar-refractivity contribution in [2.75, 3.05) is 17.7 Å². The summed E-state index contributed by atoms with van der Waals surface area (Å²) in [6, 6.07) is 24.8. The highest BCUT2D eigenvalue weighted by molar-refractivity contribution is 7.91. The number of aromatic nitrogens is 2. The molecule has 0 aliphatic heterocycles. The topological polar surface area (TPSA) is 93.2 Å². The molecule has 180 valence electrons. The minimum Gasteiger partial charge on any atom is -0.497 e. The van der Waals surface area contributed by atoms with Gasteiger partial charge in [-0.3, -0.25) is 9.97 Å². The van der Waals surface area contributed by atoms with Gasteiger partial charge in [-0.2, -0.15) is 0 Å². The Morgan fingerprint density at radius 1 is 0.722 bits per heavy atom. The minimum atomic E-state index is -3.66. The van der Waals surface area contributed by atoms with Crippen molar-refractivity contribution in [2.45, 2.75) is 16.7 Å². The Bertz CT molecular complexity index is 1620. The van der Waals surface area contributed by atoms with Crippen molar-refractivity contribution < 1.29 is 13.2 Å². The van der Waals surface area contributed by atoms with E-state index >= 15 is 0 Å². The molecule has 0 aliphatic rings. The number of anilines is 4. The SMILES string of the molecule is COc1ccc2nc(C)cc(Nc3ccc(S(=O)(=O)c4ccc(Nc5ccncc5)cc4)cc3)c2c1. The van der Waals surface area contributed by atoms with Crippen molar-refractivity contribution in [3.8, 4) is 5.75 Å². The first-order valence-electron chi connectivity index (χ1n) is 11.3. The lowest BCUT2D eigenvalue weighted by atomic mass is 10.1. The minimum absolute atomic E-state index is 0.223. The highest BCUT2D eigenvalue weighted by atomic mass is 32.2. The van der Waals surface area contributed by atoms with Crippen LogP contribution in [0.25, 0.3) is 10.9 Å². The second-order valence-electron chi connectivity index (χ2n) is 8.23. The van der Waals surface area contributed by atoms with Crippen LogP contribution >= 0.6 is 0 Å². The number of hydrogen-bond donors (Lipinski definition) is 2. The third kappa shape index (κ3) is 4.85. The summed E-state index contributed by atoms with van der Waals surface area (Å²) in [5, 5.41) is 7.52. The molecule has 0 aliphatic carbocycles. The number of aryl methyl sites for hydroxylation is 1. The van der Waals surface area contributed by atoms with Crippen LogP contribution in [0.15, 0.2) is 107 Å². The van der Waals surface area contributed by atoms with E-state index in [2.05, 4.69) is 20.6 Å². The van der Waals surface area contributed by atoms with Crippen LogP contribution < -0.4 is 15.4 Å². The molecule has 3 aromatic carbocycles. The van der Waals surface area contributed by atoms with Crippen LogP contribution in [0.2, 0.25) is 0 Å². The van der Waals surface area contributed by atoms with Gasteiger partial charge in [-0.1, -0.05) is 0 Å². The van der Waals surface area contributed by atoms with E-state index in [9.17, 15) is 8.42 Å². The molecule has 0 bridgehead atoms. The van der Waals surface area contributed by atoms with Crippen LogP contribution in [0, 0.1) is 6.92 Å². The average Bonchev–Trinajstić information content (AvgIpc) is 2.90. The normalized spacial score (nSPS) is 11.3. The summed E-state index contributed by atoms with van der Waals surface area (Å²) >= 11 is 0. The first-order chi connectivity index (χ1) is 17.4. The predicted octanol–water partition coefficient (Wildman–Crippen LogP) is 6.27. The summed E-state index contributed by atoms with van der Waals surface area (Å²) in [4.78, 5) is 9.02. The van der Waals surface area contributed by atoms with Crippen LogP contribution in [0.5, 0.6) is 5.75 Å². The number of ether oxygens (including phenoxy) is 1. The van der Waals surface area contributed by atoms with Gasteiger partial charge < -0.3 is 15.4 Å². The Kier molecular flexibility index (Phi) is 6.26. The van der Waals surface area contributed by atoms with Crippen LogP contribution in [0.1, 0.15) is 5.69 Å². The third-order valence-corrected chi connectivity index (χ3v) is 7.51. The number of nitrogens with one attached hydrogen (secondary N) is 2.